The van der Waals surface area contributed by atoms with Crippen molar-refractivity contribution in [1.29, 1.82) is 0 Å². The van der Waals surface area contributed by atoms with Crippen LogP contribution < -0.4 is 0 Å². The largest absolute Gasteiger partial charge is 0.506 e. The normalized spacial score (nSPS) is 13.1. The molecule has 0 fully saturated rings. The lowest BCUT2D eigenvalue weighted by atomic mass is 10.0. The summed E-state index contributed by atoms with van der Waals surface area (Å²) in [6.07, 6.45) is -4.23. The third-order valence-corrected chi connectivity index (χ3v) is 3.79. The summed E-state index contributed by atoms with van der Waals surface area (Å²) in [7, 11) is 0. The fourth-order valence-electron chi connectivity index (χ4n) is 2.34. The number of carbonyl (C=O) groups is 1. The van der Waals surface area contributed by atoms with E-state index in [1.165, 1.54) is 12.1 Å². The van der Waals surface area contributed by atoms with Crippen LogP contribution >= 0.6 is 0 Å². The minimum atomic E-state index is -4.61. The van der Waals surface area contributed by atoms with Crippen molar-refractivity contribution in [3.63, 3.8) is 0 Å². The number of aromatic nitrogens is 1. The Bertz CT molecular complexity index is 772. The fraction of sp³-hybridized carbons (Fsp3) is 0.412. The molecule has 0 bridgehead atoms. The predicted octanol–water partition coefficient (Wildman–Crippen LogP) is 4.48. The maximum absolute atomic E-state index is 13.1. The molecule has 0 spiro atoms. The summed E-state index contributed by atoms with van der Waals surface area (Å²) in [6, 6.07) is 3.36. The highest BCUT2D eigenvalue weighted by atomic mass is 19.4. The van der Waals surface area contributed by atoms with E-state index in [9.17, 15) is 23.1 Å². The van der Waals surface area contributed by atoms with Gasteiger partial charge in [-0.2, -0.15) is 13.2 Å². The Labute approximate surface area is 137 Å². The van der Waals surface area contributed by atoms with E-state index in [2.05, 4.69) is 4.98 Å². The molecular formula is C17H18F3NO3. The molecule has 0 amide bonds. The standard InChI is InChI=1S/C17H18F3NO3/c1-4-9(3)24-16(23)13-12(5-2)21-14-10(15(13)22)7-6-8-11(14)17(18,19)20/h6-9H,4-5H2,1-3H3,(H,21,22). The van der Waals surface area contributed by atoms with Gasteiger partial charge in [0.2, 0.25) is 0 Å². The maximum atomic E-state index is 13.1. The van der Waals surface area contributed by atoms with Gasteiger partial charge in [0.05, 0.1) is 22.9 Å². The van der Waals surface area contributed by atoms with Crippen LogP contribution in [0.25, 0.3) is 10.9 Å². The van der Waals surface area contributed by atoms with Gasteiger partial charge in [0.15, 0.2) is 0 Å². The number of fused-ring (bicyclic) bond motifs is 1. The number of ether oxygens (including phenoxy) is 1. The van der Waals surface area contributed by atoms with Crippen molar-refractivity contribution in [3.05, 3.63) is 35.0 Å². The van der Waals surface area contributed by atoms with Crippen LogP contribution in [-0.2, 0) is 17.3 Å². The molecule has 0 radical (unpaired) electrons. The quantitative estimate of drug-likeness (QED) is 0.833. The molecule has 2 rings (SSSR count). The van der Waals surface area contributed by atoms with E-state index in [0.29, 0.717) is 6.42 Å². The topological polar surface area (TPSA) is 59.4 Å². The van der Waals surface area contributed by atoms with E-state index in [0.717, 1.165) is 6.07 Å². The number of aromatic hydroxyl groups is 1. The fourth-order valence-corrected chi connectivity index (χ4v) is 2.34. The van der Waals surface area contributed by atoms with E-state index in [4.69, 9.17) is 4.74 Å². The van der Waals surface area contributed by atoms with Gasteiger partial charge in [-0.05, 0) is 31.9 Å². The second kappa shape index (κ2) is 6.67. The first-order chi connectivity index (χ1) is 11.2. The molecule has 7 heteroatoms. The van der Waals surface area contributed by atoms with Gasteiger partial charge < -0.3 is 9.84 Å². The first-order valence-corrected chi connectivity index (χ1v) is 7.63. The van der Waals surface area contributed by atoms with Gasteiger partial charge >= 0.3 is 12.1 Å². The number of carbonyl (C=O) groups excluding carboxylic acids is 1. The summed E-state index contributed by atoms with van der Waals surface area (Å²) in [5.74, 6) is -1.32. The van der Waals surface area contributed by atoms with Crippen LogP contribution in [0.5, 0.6) is 5.75 Å². The summed E-state index contributed by atoms with van der Waals surface area (Å²) < 4.78 is 44.6. The highest BCUT2D eigenvalue weighted by Crippen LogP contribution is 2.38. The van der Waals surface area contributed by atoms with E-state index < -0.39 is 23.5 Å². The van der Waals surface area contributed by atoms with Crippen molar-refractivity contribution in [3.8, 4) is 5.75 Å². The Morgan fingerprint density at radius 1 is 1.33 bits per heavy atom. The molecule has 0 saturated carbocycles. The van der Waals surface area contributed by atoms with Gasteiger partial charge in [-0.1, -0.05) is 19.9 Å². The number of esters is 1. The second-order valence-corrected chi connectivity index (χ2v) is 5.46. The molecule has 0 aliphatic rings. The lowest BCUT2D eigenvalue weighted by Gasteiger charge is -2.17. The van der Waals surface area contributed by atoms with Crippen molar-refractivity contribution >= 4 is 16.9 Å². The molecule has 1 aromatic heterocycles. The van der Waals surface area contributed by atoms with Crippen molar-refractivity contribution in [2.75, 3.05) is 0 Å². The van der Waals surface area contributed by atoms with Gasteiger partial charge in [0, 0.05) is 5.39 Å². The maximum Gasteiger partial charge on any atom is 0.418 e. The zero-order valence-electron chi connectivity index (χ0n) is 13.6. The number of alkyl halides is 3. The molecule has 24 heavy (non-hydrogen) atoms. The van der Waals surface area contributed by atoms with Gasteiger partial charge in [0.1, 0.15) is 11.3 Å². The molecular weight excluding hydrogens is 323 g/mol. The smallest absolute Gasteiger partial charge is 0.418 e. The Morgan fingerprint density at radius 3 is 2.54 bits per heavy atom. The number of pyridine rings is 1. The number of nitrogens with zero attached hydrogens (tertiary/aromatic N) is 1. The van der Waals surface area contributed by atoms with Crippen LogP contribution in [0.15, 0.2) is 18.2 Å². The van der Waals surface area contributed by atoms with Crippen LogP contribution in [0.3, 0.4) is 0 Å². The highest BCUT2D eigenvalue weighted by Gasteiger charge is 2.34. The van der Waals surface area contributed by atoms with E-state index >= 15 is 0 Å². The Balaban J connectivity index is 2.71. The lowest BCUT2D eigenvalue weighted by molar-refractivity contribution is -0.136. The molecule has 1 N–H and O–H groups in total. The third-order valence-electron chi connectivity index (χ3n) is 3.79. The van der Waals surface area contributed by atoms with Crippen molar-refractivity contribution < 1.29 is 27.8 Å². The summed E-state index contributed by atoms with van der Waals surface area (Å²) in [4.78, 5) is 16.3. The van der Waals surface area contributed by atoms with Gasteiger partial charge in [0.25, 0.3) is 0 Å². The zero-order chi connectivity index (χ0) is 18.1. The number of rotatable bonds is 4. The molecule has 1 aromatic carbocycles. The molecule has 1 unspecified atom stereocenters. The van der Waals surface area contributed by atoms with Crippen LogP contribution in [0.4, 0.5) is 13.2 Å². The van der Waals surface area contributed by atoms with Crippen LogP contribution in [-0.4, -0.2) is 22.2 Å². The molecule has 0 aliphatic heterocycles. The molecule has 2 aromatic rings. The Kier molecular flexibility index (Phi) is 5.01. The Morgan fingerprint density at radius 2 is 2.00 bits per heavy atom. The van der Waals surface area contributed by atoms with Crippen LogP contribution in [0.2, 0.25) is 0 Å². The highest BCUT2D eigenvalue weighted by molar-refractivity contribution is 6.01. The molecule has 0 saturated heterocycles. The van der Waals surface area contributed by atoms with Crippen LogP contribution in [0.1, 0.15) is 48.8 Å². The molecule has 4 nitrogen and oxygen atoms in total. The number of para-hydroxylation sites is 1. The van der Waals surface area contributed by atoms with E-state index in [1.807, 2.05) is 6.92 Å². The summed E-state index contributed by atoms with van der Waals surface area (Å²) in [5, 5.41) is 10.3. The number of benzene rings is 1. The van der Waals surface area contributed by atoms with Crippen molar-refractivity contribution in [1.82, 2.24) is 4.98 Å². The first kappa shape index (κ1) is 18.0. The average Bonchev–Trinajstić information content (AvgIpc) is 2.52. The first-order valence-electron chi connectivity index (χ1n) is 7.63. The molecule has 130 valence electrons. The summed E-state index contributed by atoms with van der Waals surface area (Å²) >= 11 is 0. The van der Waals surface area contributed by atoms with Crippen molar-refractivity contribution in [2.24, 2.45) is 0 Å². The minimum absolute atomic E-state index is 0.0741. The summed E-state index contributed by atoms with van der Waals surface area (Å²) in [5.41, 5.74) is -1.43. The van der Waals surface area contributed by atoms with Gasteiger partial charge in [-0.3, -0.25) is 4.98 Å². The minimum Gasteiger partial charge on any atom is -0.506 e. The number of aryl methyl sites for hydroxylation is 1. The predicted molar refractivity (Wildman–Crippen MR) is 83.0 cm³/mol. The number of hydrogen-bond donors (Lipinski definition) is 1. The Hall–Kier alpha value is -2.31. The average molecular weight is 341 g/mol. The lowest BCUT2D eigenvalue weighted by Crippen LogP contribution is -2.17. The summed E-state index contributed by atoms with van der Waals surface area (Å²) in [6.45, 7) is 5.16. The third kappa shape index (κ3) is 3.29. The molecule has 1 heterocycles. The molecule has 0 aliphatic carbocycles. The monoisotopic (exact) mass is 341 g/mol. The van der Waals surface area contributed by atoms with Gasteiger partial charge in [-0.25, -0.2) is 4.79 Å². The number of hydrogen-bond acceptors (Lipinski definition) is 4. The SMILES string of the molecule is CCc1nc2c(C(F)(F)F)cccc2c(O)c1C(=O)OC(C)CC. The number of halogens is 3. The van der Waals surface area contributed by atoms with E-state index in [-0.39, 0.29) is 34.7 Å². The van der Waals surface area contributed by atoms with Gasteiger partial charge in [-0.15, -0.1) is 0 Å². The van der Waals surface area contributed by atoms with Crippen molar-refractivity contribution in [2.45, 2.75) is 45.9 Å². The molecule has 1 atom stereocenters. The zero-order valence-corrected chi connectivity index (χ0v) is 13.6. The van der Waals surface area contributed by atoms with Crippen LogP contribution in [0, 0.1) is 0 Å². The van der Waals surface area contributed by atoms with E-state index in [1.54, 1.807) is 13.8 Å². The second-order valence-electron chi connectivity index (χ2n) is 5.46.